The summed E-state index contributed by atoms with van der Waals surface area (Å²) in [6.07, 6.45) is 0. The first-order valence-corrected chi connectivity index (χ1v) is 6.22. The van der Waals surface area contributed by atoms with Gasteiger partial charge in [0.15, 0.2) is 0 Å². The van der Waals surface area contributed by atoms with E-state index in [0.29, 0.717) is 11.6 Å². The largest absolute Gasteiger partial charge is 0.463 e. The third kappa shape index (κ3) is 2.58. The van der Waals surface area contributed by atoms with Gasteiger partial charge < -0.3 is 13.9 Å². The zero-order valence-electron chi connectivity index (χ0n) is 12.0. The predicted molar refractivity (Wildman–Crippen MR) is 73.5 cm³/mol. The molecule has 0 saturated heterocycles. The van der Waals surface area contributed by atoms with Gasteiger partial charge in [-0.05, 0) is 25.0 Å². The number of rotatable bonds is 4. The molecule has 0 aliphatic carbocycles. The number of carbonyl (C=O) groups is 1. The summed E-state index contributed by atoms with van der Waals surface area (Å²) in [5, 5.41) is 0. The number of benzene rings is 1. The Morgan fingerprint density at radius 3 is 2.45 bits per heavy atom. The lowest BCUT2D eigenvalue weighted by atomic mass is 10.0. The van der Waals surface area contributed by atoms with Gasteiger partial charge in [-0.3, -0.25) is 0 Å². The molecule has 0 amide bonds. The van der Waals surface area contributed by atoms with Crippen LogP contribution in [0.25, 0.3) is 11.5 Å². The fourth-order valence-electron chi connectivity index (χ4n) is 2.10. The molecule has 0 aliphatic heterocycles. The predicted octanol–water partition coefficient (Wildman–Crippen LogP) is 2.89. The maximum atomic E-state index is 11.7. The van der Waals surface area contributed by atoms with Gasteiger partial charge in [-0.2, -0.15) is 0 Å². The van der Waals surface area contributed by atoms with Crippen LogP contribution in [0.4, 0.5) is 0 Å². The van der Waals surface area contributed by atoms with E-state index in [4.69, 9.17) is 13.9 Å². The maximum Gasteiger partial charge on any atom is 0.376 e. The minimum atomic E-state index is -0.554. The van der Waals surface area contributed by atoms with E-state index in [1.54, 1.807) is 0 Å². The highest BCUT2D eigenvalue weighted by Crippen LogP contribution is 2.28. The average molecular weight is 275 g/mol. The van der Waals surface area contributed by atoms with Gasteiger partial charge in [0.1, 0.15) is 5.69 Å². The first-order chi connectivity index (χ1) is 9.58. The molecule has 5 heteroatoms. The van der Waals surface area contributed by atoms with Gasteiger partial charge in [-0.25, -0.2) is 9.78 Å². The van der Waals surface area contributed by atoms with Gasteiger partial charge in [0.25, 0.3) is 0 Å². The second-order valence-corrected chi connectivity index (χ2v) is 4.49. The quantitative estimate of drug-likeness (QED) is 0.803. The van der Waals surface area contributed by atoms with Gasteiger partial charge >= 0.3 is 5.97 Å². The van der Waals surface area contributed by atoms with Crippen LogP contribution in [0.1, 0.15) is 27.4 Å². The summed E-state index contributed by atoms with van der Waals surface area (Å²) in [6, 6.07) is 5.91. The Morgan fingerprint density at radius 2 is 1.90 bits per heavy atom. The molecule has 0 aliphatic rings. The highest BCUT2D eigenvalue weighted by molar-refractivity contribution is 5.88. The number of oxazole rings is 1. The highest BCUT2D eigenvalue weighted by atomic mass is 16.5. The van der Waals surface area contributed by atoms with Crippen molar-refractivity contribution in [3.63, 3.8) is 0 Å². The van der Waals surface area contributed by atoms with Crippen LogP contribution in [-0.2, 0) is 16.1 Å². The molecular formula is C15H17NO4. The zero-order valence-corrected chi connectivity index (χ0v) is 12.0. The van der Waals surface area contributed by atoms with Crippen molar-refractivity contribution in [3.8, 4) is 11.5 Å². The number of carbonyl (C=O) groups excluding carboxylic acids is 1. The third-order valence-electron chi connectivity index (χ3n) is 3.04. The number of aryl methyl sites for hydroxylation is 2. The summed E-state index contributed by atoms with van der Waals surface area (Å²) < 4.78 is 15.3. The van der Waals surface area contributed by atoms with Gasteiger partial charge in [-0.15, -0.1) is 0 Å². The molecule has 0 radical (unpaired) electrons. The Hall–Kier alpha value is -2.14. The monoisotopic (exact) mass is 275 g/mol. The van der Waals surface area contributed by atoms with Crippen molar-refractivity contribution in [2.24, 2.45) is 0 Å². The van der Waals surface area contributed by atoms with Gasteiger partial charge in [0.2, 0.25) is 11.7 Å². The van der Waals surface area contributed by atoms with Crippen LogP contribution in [0.5, 0.6) is 0 Å². The molecule has 0 N–H and O–H groups in total. The van der Waals surface area contributed by atoms with Crippen LogP contribution in [0, 0.1) is 13.8 Å². The lowest BCUT2D eigenvalue weighted by molar-refractivity contribution is 0.0559. The zero-order chi connectivity index (χ0) is 14.7. The van der Waals surface area contributed by atoms with E-state index in [-0.39, 0.29) is 12.4 Å². The van der Waals surface area contributed by atoms with Crippen molar-refractivity contribution in [3.05, 3.63) is 40.8 Å². The Balaban J connectivity index is 2.56. The van der Waals surface area contributed by atoms with E-state index in [2.05, 4.69) is 4.98 Å². The van der Waals surface area contributed by atoms with E-state index in [1.165, 1.54) is 14.2 Å². The lowest BCUT2D eigenvalue weighted by Gasteiger charge is -2.04. The number of ether oxygens (including phenoxy) is 2. The molecular weight excluding hydrogens is 258 g/mol. The topological polar surface area (TPSA) is 61.6 Å². The van der Waals surface area contributed by atoms with Crippen molar-refractivity contribution < 1.29 is 18.7 Å². The van der Waals surface area contributed by atoms with Crippen molar-refractivity contribution in [1.82, 2.24) is 4.98 Å². The fraction of sp³-hybridized carbons (Fsp3) is 0.333. The summed E-state index contributed by atoms with van der Waals surface area (Å²) >= 11 is 0. The van der Waals surface area contributed by atoms with Crippen LogP contribution in [-0.4, -0.2) is 25.2 Å². The number of hydrogen-bond donors (Lipinski definition) is 0. The second kappa shape index (κ2) is 5.88. The molecule has 0 spiro atoms. The minimum absolute atomic E-state index is 0.0898. The smallest absolute Gasteiger partial charge is 0.376 e. The van der Waals surface area contributed by atoms with Crippen LogP contribution in [0.15, 0.2) is 22.6 Å². The summed E-state index contributed by atoms with van der Waals surface area (Å²) in [4.78, 5) is 16.1. The maximum absolute atomic E-state index is 11.7. The summed E-state index contributed by atoms with van der Waals surface area (Å²) in [6.45, 7) is 4.14. The molecule has 2 aromatic rings. The SMILES string of the molecule is COCc1nc(-c2c(C)cccc2C)oc1C(=O)OC. The number of nitrogens with zero attached hydrogens (tertiary/aromatic N) is 1. The van der Waals surface area contributed by atoms with Crippen molar-refractivity contribution in [2.75, 3.05) is 14.2 Å². The Kier molecular flexibility index (Phi) is 4.20. The fourth-order valence-corrected chi connectivity index (χ4v) is 2.10. The highest BCUT2D eigenvalue weighted by Gasteiger charge is 2.22. The molecule has 1 aromatic carbocycles. The van der Waals surface area contributed by atoms with Gasteiger partial charge in [0.05, 0.1) is 13.7 Å². The lowest BCUT2D eigenvalue weighted by Crippen LogP contribution is -2.04. The normalized spacial score (nSPS) is 10.6. The molecule has 2 rings (SSSR count). The molecule has 5 nitrogen and oxygen atoms in total. The third-order valence-corrected chi connectivity index (χ3v) is 3.04. The average Bonchev–Trinajstić information content (AvgIpc) is 2.82. The summed E-state index contributed by atoms with van der Waals surface area (Å²) in [5.41, 5.74) is 3.40. The number of hydrogen-bond acceptors (Lipinski definition) is 5. The van der Waals surface area contributed by atoms with Crippen LogP contribution in [0.3, 0.4) is 0 Å². The number of methoxy groups -OCH3 is 2. The molecule has 1 heterocycles. The van der Waals surface area contributed by atoms with E-state index in [1.807, 2.05) is 32.0 Å². The molecule has 0 bridgehead atoms. The van der Waals surface area contributed by atoms with Crippen LogP contribution >= 0.6 is 0 Å². The van der Waals surface area contributed by atoms with Crippen LogP contribution in [0.2, 0.25) is 0 Å². The summed E-state index contributed by atoms with van der Waals surface area (Å²) in [5.74, 6) is -0.0536. The summed E-state index contributed by atoms with van der Waals surface area (Å²) in [7, 11) is 2.84. The minimum Gasteiger partial charge on any atom is -0.463 e. The molecule has 0 unspecified atom stereocenters. The molecule has 0 saturated carbocycles. The molecule has 1 aromatic heterocycles. The van der Waals surface area contributed by atoms with Crippen molar-refractivity contribution in [1.29, 1.82) is 0 Å². The van der Waals surface area contributed by atoms with Crippen LogP contribution < -0.4 is 0 Å². The first kappa shape index (κ1) is 14.3. The molecule has 106 valence electrons. The molecule has 0 fully saturated rings. The second-order valence-electron chi connectivity index (χ2n) is 4.49. The molecule has 20 heavy (non-hydrogen) atoms. The van der Waals surface area contributed by atoms with E-state index in [9.17, 15) is 4.79 Å². The van der Waals surface area contributed by atoms with E-state index in [0.717, 1.165) is 16.7 Å². The standard InChI is InChI=1S/C15H17NO4/c1-9-6-5-7-10(2)12(9)14-16-11(8-18-3)13(20-14)15(17)19-4/h5-7H,8H2,1-4H3. The Bertz CT molecular complexity index is 611. The number of esters is 1. The number of aromatic nitrogens is 1. The Morgan fingerprint density at radius 1 is 1.25 bits per heavy atom. The molecule has 0 atom stereocenters. The van der Waals surface area contributed by atoms with E-state index < -0.39 is 5.97 Å². The van der Waals surface area contributed by atoms with E-state index >= 15 is 0 Å². The van der Waals surface area contributed by atoms with Crippen molar-refractivity contribution >= 4 is 5.97 Å². The first-order valence-electron chi connectivity index (χ1n) is 6.22. The Labute approximate surface area is 117 Å². The van der Waals surface area contributed by atoms with Crippen molar-refractivity contribution in [2.45, 2.75) is 20.5 Å². The van der Waals surface area contributed by atoms with Gasteiger partial charge in [-0.1, -0.05) is 18.2 Å². The van der Waals surface area contributed by atoms with Gasteiger partial charge in [0, 0.05) is 12.7 Å².